The molecule has 2 aromatic carbocycles. The molecule has 0 saturated heterocycles. The van der Waals surface area contributed by atoms with Gasteiger partial charge in [0.1, 0.15) is 18.1 Å². The second-order valence-electron chi connectivity index (χ2n) is 5.86. The summed E-state index contributed by atoms with van der Waals surface area (Å²) < 4.78 is 10.9. The zero-order valence-corrected chi connectivity index (χ0v) is 16.9. The van der Waals surface area contributed by atoms with E-state index in [1.54, 1.807) is 54.6 Å². The van der Waals surface area contributed by atoms with Crippen LogP contribution >= 0.6 is 12.2 Å². The third kappa shape index (κ3) is 7.27. The fourth-order valence-electron chi connectivity index (χ4n) is 2.20. The summed E-state index contributed by atoms with van der Waals surface area (Å²) in [5, 5.41) is 2.47. The smallest absolute Gasteiger partial charge is 0.269 e. The lowest BCUT2D eigenvalue weighted by atomic mass is 10.2. The quantitative estimate of drug-likeness (QED) is 0.350. The summed E-state index contributed by atoms with van der Waals surface area (Å²) in [5.41, 5.74) is 5.73. The first kappa shape index (κ1) is 21.9. The average molecular weight is 413 g/mol. The average Bonchev–Trinajstić information content (AvgIpc) is 2.75. The van der Waals surface area contributed by atoms with Gasteiger partial charge >= 0.3 is 0 Å². The van der Waals surface area contributed by atoms with E-state index in [2.05, 4.69) is 22.7 Å². The van der Waals surface area contributed by atoms with Crippen molar-refractivity contribution in [3.63, 3.8) is 0 Å². The number of benzene rings is 2. The van der Waals surface area contributed by atoms with Gasteiger partial charge in [0.25, 0.3) is 11.8 Å². The van der Waals surface area contributed by atoms with Crippen molar-refractivity contribution in [3.8, 4) is 11.5 Å². The van der Waals surface area contributed by atoms with E-state index in [9.17, 15) is 9.59 Å². The van der Waals surface area contributed by atoms with Gasteiger partial charge in [-0.15, -0.1) is 0 Å². The van der Waals surface area contributed by atoms with Crippen molar-refractivity contribution in [2.75, 3.05) is 13.2 Å². The molecule has 3 N–H and O–H groups in total. The normalized spacial score (nSPS) is 9.83. The van der Waals surface area contributed by atoms with Crippen LogP contribution in [-0.2, 0) is 0 Å². The Morgan fingerprint density at radius 1 is 1.00 bits per heavy atom. The summed E-state index contributed by atoms with van der Waals surface area (Å²) in [6.45, 7) is 6.52. The Morgan fingerprint density at radius 3 is 2.45 bits per heavy atom. The van der Waals surface area contributed by atoms with E-state index in [1.807, 2.05) is 6.92 Å². The summed E-state index contributed by atoms with van der Waals surface area (Å²) in [5.74, 6) is 0.406. The van der Waals surface area contributed by atoms with Gasteiger partial charge in [0, 0.05) is 11.1 Å². The third-order valence-corrected chi connectivity index (χ3v) is 3.77. The predicted octanol–water partition coefficient (Wildman–Crippen LogP) is 2.99. The van der Waals surface area contributed by atoms with E-state index in [4.69, 9.17) is 21.7 Å². The van der Waals surface area contributed by atoms with Gasteiger partial charge in [-0.05, 0) is 61.1 Å². The van der Waals surface area contributed by atoms with Crippen molar-refractivity contribution in [2.45, 2.75) is 13.3 Å². The first-order valence-corrected chi connectivity index (χ1v) is 9.42. The summed E-state index contributed by atoms with van der Waals surface area (Å²) in [7, 11) is 0. The van der Waals surface area contributed by atoms with Gasteiger partial charge < -0.3 is 9.47 Å². The topological polar surface area (TPSA) is 88.7 Å². The van der Waals surface area contributed by atoms with Crippen molar-refractivity contribution in [1.29, 1.82) is 0 Å². The highest BCUT2D eigenvalue weighted by Crippen LogP contribution is 2.14. The number of thiocarbonyl (C=S) groups is 1. The van der Waals surface area contributed by atoms with Crippen molar-refractivity contribution in [1.82, 2.24) is 16.2 Å². The maximum absolute atomic E-state index is 12.3. The predicted molar refractivity (Wildman–Crippen MR) is 115 cm³/mol. The van der Waals surface area contributed by atoms with Gasteiger partial charge in [-0.1, -0.05) is 25.6 Å². The van der Waals surface area contributed by atoms with Crippen molar-refractivity contribution < 1.29 is 19.1 Å². The minimum absolute atomic E-state index is 0.0332. The molecule has 0 spiro atoms. The first-order valence-electron chi connectivity index (χ1n) is 9.01. The Balaban J connectivity index is 1.83. The molecule has 152 valence electrons. The second kappa shape index (κ2) is 11.5. The second-order valence-corrected chi connectivity index (χ2v) is 6.27. The van der Waals surface area contributed by atoms with Gasteiger partial charge in [0.2, 0.25) is 0 Å². The van der Waals surface area contributed by atoms with Crippen LogP contribution in [0.1, 0.15) is 34.1 Å². The number of nitrogens with one attached hydrogen (secondary N) is 3. The standard InChI is InChI=1S/C21H23N3O4S/c1-3-12-27-17-10-8-15(9-11-17)20(26)23-24-21(29)22-19(25)16-6-5-7-18(14-16)28-13-4-2/h3,5-11,14H,1,4,12-13H2,2H3,(H,23,26)(H2,22,24,25,29). The lowest BCUT2D eigenvalue weighted by molar-refractivity contribution is 0.0934. The summed E-state index contributed by atoms with van der Waals surface area (Å²) >= 11 is 5.05. The summed E-state index contributed by atoms with van der Waals surface area (Å²) in [4.78, 5) is 24.4. The molecule has 0 unspecified atom stereocenters. The van der Waals surface area contributed by atoms with Crippen LogP contribution in [0.25, 0.3) is 0 Å². The van der Waals surface area contributed by atoms with Crippen LogP contribution in [0.2, 0.25) is 0 Å². The van der Waals surface area contributed by atoms with E-state index in [0.717, 1.165) is 6.42 Å². The van der Waals surface area contributed by atoms with Gasteiger partial charge in [-0.25, -0.2) is 0 Å². The molecule has 0 aliphatic rings. The van der Waals surface area contributed by atoms with Crippen LogP contribution in [0.3, 0.4) is 0 Å². The third-order valence-electron chi connectivity index (χ3n) is 3.57. The minimum atomic E-state index is -0.414. The summed E-state index contributed by atoms with van der Waals surface area (Å²) in [6, 6.07) is 13.3. The van der Waals surface area contributed by atoms with Crippen LogP contribution in [0, 0.1) is 0 Å². The molecule has 0 heterocycles. The zero-order chi connectivity index (χ0) is 21.1. The number of hydrogen-bond donors (Lipinski definition) is 3. The molecule has 29 heavy (non-hydrogen) atoms. The Kier molecular flexibility index (Phi) is 8.65. The number of rotatable bonds is 8. The summed E-state index contributed by atoms with van der Waals surface area (Å²) in [6.07, 6.45) is 2.50. The number of ether oxygens (including phenoxy) is 2. The minimum Gasteiger partial charge on any atom is -0.494 e. The number of carbonyl (C=O) groups is 2. The van der Waals surface area contributed by atoms with E-state index in [1.165, 1.54) is 0 Å². The van der Waals surface area contributed by atoms with E-state index in [-0.39, 0.29) is 5.11 Å². The molecule has 0 fully saturated rings. The molecule has 8 heteroatoms. The fourth-order valence-corrected chi connectivity index (χ4v) is 2.34. The Bertz CT molecular complexity index is 868. The maximum Gasteiger partial charge on any atom is 0.269 e. The highest BCUT2D eigenvalue weighted by Gasteiger charge is 2.10. The van der Waals surface area contributed by atoms with Gasteiger partial charge in [0.15, 0.2) is 5.11 Å². The highest BCUT2D eigenvalue weighted by atomic mass is 32.1. The SMILES string of the molecule is C=CCOc1ccc(C(=O)NNC(=S)NC(=O)c2cccc(OCCC)c2)cc1. The lowest BCUT2D eigenvalue weighted by Gasteiger charge is -2.12. The van der Waals surface area contributed by atoms with Crippen LogP contribution in [0.15, 0.2) is 61.2 Å². The molecule has 0 bridgehead atoms. The maximum atomic E-state index is 12.3. The number of amides is 2. The van der Waals surface area contributed by atoms with Crippen LogP contribution in [-0.4, -0.2) is 30.1 Å². The van der Waals surface area contributed by atoms with Crippen molar-refractivity contribution in [3.05, 3.63) is 72.3 Å². The molecule has 2 aromatic rings. The molecule has 2 rings (SSSR count). The molecule has 0 radical (unpaired) electrons. The molecule has 2 amide bonds. The Morgan fingerprint density at radius 2 is 1.76 bits per heavy atom. The number of carbonyl (C=O) groups excluding carboxylic acids is 2. The fraction of sp³-hybridized carbons (Fsp3) is 0.190. The lowest BCUT2D eigenvalue weighted by Crippen LogP contribution is -2.48. The molecule has 0 atom stereocenters. The first-order chi connectivity index (χ1) is 14.0. The van der Waals surface area contributed by atoms with Gasteiger partial charge in [0.05, 0.1) is 6.61 Å². The van der Waals surface area contributed by atoms with Crippen molar-refractivity contribution in [2.24, 2.45) is 0 Å². The molecular formula is C21H23N3O4S. The number of hydrogen-bond acceptors (Lipinski definition) is 5. The van der Waals surface area contributed by atoms with E-state index < -0.39 is 11.8 Å². The largest absolute Gasteiger partial charge is 0.494 e. The Hall–Kier alpha value is -3.39. The molecular weight excluding hydrogens is 390 g/mol. The molecule has 0 saturated carbocycles. The van der Waals surface area contributed by atoms with Crippen LogP contribution in [0.5, 0.6) is 11.5 Å². The molecule has 7 nitrogen and oxygen atoms in total. The zero-order valence-electron chi connectivity index (χ0n) is 16.1. The van der Waals surface area contributed by atoms with Gasteiger partial charge in [-0.2, -0.15) is 0 Å². The van der Waals surface area contributed by atoms with E-state index >= 15 is 0 Å². The molecule has 0 aromatic heterocycles. The monoisotopic (exact) mass is 413 g/mol. The van der Waals surface area contributed by atoms with Crippen LogP contribution in [0.4, 0.5) is 0 Å². The number of hydrazine groups is 1. The highest BCUT2D eigenvalue weighted by molar-refractivity contribution is 7.80. The van der Waals surface area contributed by atoms with Crippen molar-refractivity contribution >= 4 is 29.1 Å². The van der Waals surface area contributed by atoms with E-state index in [0.29, 0.717) is 35.8 Å². The van der Waals surface area contributed by atoms with Crippen LogP contribution < -0.4 is 25.6 Å². The van der Waals surface area contributed by atoms with Gasteiger partial charge in [-0.3, -0.25) is 25.8 Å². The Labute approximate surface area is 175 Å². The molecule has 0 aliphatic carbocycles. The molecule has 0 aliphatic heterocycles.